The molecule has 94 valence electrons. The Balaban J connectivity index is 2.20. The molecular formula is C12H25N3O. The second-order valence-corrected chi connectivity index (χ2v) is 5.61. The Morgan fingerprint density at radius 3 is 2.25 bits per heavy atom. The number of piperazine rings is 1. The largest absolute Gasteiger partial charge is 0.340 e. The van der Waals surface area contributed by atoms with E-state index >= 15 is 0 Å². The Hall–Kier alpha value is -0.610. The zero-order chi connectivity index (χ0) is 12.2. The summed E-state index contributed by atoms with van der Waals surface area (Å²) in [5, 5.41) is 3.34. The zero-order valence-corrected chi connectivity index (χ0v) is 11.0. The summed E-state index contributed by atoms with van der Waals surface area (Å²) in [4.78, 5) is 16.1. The molecule has 0 aliphatic carbocycles. The molecule has 0 aromatic carbocycles. The van der Waals surface area contributed by atoms with Crippen LogP contribution >= 0.6 is 0 Å². The van der Waals surface area contributed by atoms with Crippen molar-refractivity contribution in [2.45, 2.75) is 32.7 Å². The Bertz CT molecular complexity index is 227. The first-order valence-electron chi connectivity index (χ1n) is 6.10. The number of amides is 1. The van der Waals surface area contributed by atoms with Crippen LogP contribution in [0, 0.1) is 0 Å². The van der Waals surface area contributed by atoms with Gasteiger partial charge in [0.05, 0.1) is 0 Å². The monoisotopic (exact) mass is 227 g/mol. The molecule has 0 unspecified atom stereocenters. The highest BCUT2D eigenvalue weighted by atomic mass is 16.2. The molecule has 0 saturated carbocycles. The van der Waals surface area contributed by atoms with Gasteiger partial charge in [0.2, 0.25) is 5.91 Å². The van der Waals surface area contributed by atoms with E-state index in [0.29, 0.717) is 6.42 Å². The predicted molar refractivity (Wildman–Crippen MR) is 66.4 cm³/mol. The number of carbonyl (C=O) groups excluding carboxylic acids is 1. The molecule has 0 spiro atoms. The van der Waals surface area contributed by atoms with Gasteiger partial charge >= 0.3 is 0 Å². The van der Waals surface area contributed by atoms with Gasteiger partial charge in [-0.15, -0.1) is 0 Å². The molecule has 1 heterocycles. The van der Waals surface area contributed by atoms with Gasteiger partial charge in [0, 0.05) is 44.7 Å². The van der Waals surface area contributed by atoms with Gasteiger partial charge in [-0.05, 0) is 27.8 Å². The molecule has 0 aromatic heterocycles. The number of carbonyl (C=O) groups is 1. The molecule has 4 heteroatoms. The fraction of sp³-hybridized carbons (Fsp3) is 0.917. The van der Waals surface area contributed by atoms with Gasteiger partial charge in [-0.3, -0.25) is 4.79 Å². The van der Waals surface area contributed by atoms with Crippen molar-refractivity contribution in [1.82, 2.24) is 15.1 Å². The van der Waals surface area contributed by atoms with Crippen molar-refractivity contribution in [3.63, 3.8) is 0 Å². The number of nitrogens with zero attached hydrogens (tertiary/aromatic N) is 2. The van der Waals surface area contributed by atoms with Crippen molar-refractivity contribution in [2.75, 3.05) is 39.8 Å². The highest BCUT2D eigenvalue weighted by molar-refractivity contribution is 5.76. The van der Waals surface area contributed by atoms with Crippen molar-refractivity contribution in [1.29, 1.82) is 0 Å². The molecule has 1 amide bonds. The van der Waals surface area contributed by atoms with Crippen LogP contribution in [0.25, 0.3) is 0 Å². The third-order valence-electron chi connectivity index (χ3n) is 2.85. The van der Waals surface area contributed by atoms with Crippen molar-refractivity contribution in [3.05, 3.63) is 0 Å². The van der Waals surface area contributed by atoms with Crippen LogP contribution in [0.2, 0.25) is 0 Å². The average Bonchev–Trinajstić information content (AvgIpc) is 2.16. The van der Waals surface area contributed by atoms with E-state index in [1.807, 2.05) is 4.90 Å². The summed E-state index contributed by atoms with van der Waals surface area (Å²) in [6.45, 7) is 10.9. The maximum atomic E-state index is 11.9. The number of likely N-dealkylation sites (N-methyl/N-ethyl adjacent to an activating group) is 1. The quantitative estimate of drug-likeness (QED) is 0.764. The lowest BCUT2D eigenvalue weighted by Crippen LogP contribution is -2.48. The number of hydrogen-bond acceptors (Lipinski definition) is 3. The lowest BCUT2D eigenvalue weighted by molar-refractivity contribution is -0.132. The smallest absolute Gasteiger partial charge is 0.223 e. The third-order valence-corrected chi connectivity index (χ3v) is 2.85. The van der Waals surface area contributed by atoms with E-state index in [2.05, 4.69) is 38.0 Å². The first kappa shape index (κ1) is 13.5. The second-order valence-electron chi connectivity index (χ2n) is 5.61. The van der Waals surface area contributed by atoms with E-state index in [4.69, 9.17) is 0 Å². The summed E-state index contributed by atoms with van der Waals surface area (Å²) < 4.78 is 0. The maximum Gasteiger partial charge on any atom is 0.223 e. The minimum atomic E-state index is 0.0996. The van der Waals surface area contributed by atoms with Crippen LogP contribution in [-0.2, 0) is 4.79 Å². The summed E-state index contributed by atoms with van der Waals surface area (Å²) in [6, 6.07) is 0. The summed E-state index contributed by atoms with van der Waals surface area (Å²) in [5.41, 5.74) is 0.0996. The molecule has 1 aliphatic rings. The van der Waals surface area contributed by atoms with E-state index in [0.717, 1.165) is 32.7 Å². The third kappa shape index (κ3) is 4.94. The predicted octanol–water partition coefficient (Wildman–Crippen LogP) is 0.539. The second kappa shape index (κ2) is 5.64. The molecule has 1 aliphatic heterocycles. The SMILES string of the molecule is CN1CCN(C(=O)CCNC(C)(C)C)CC1. The minimum Gasteiger partial charge on any atom is -0.340 e. The van der Waals surface area contributed by atoms with Crippen LogP contribution in [0.1, 0.15) is 27.2 Å². The summed E-state index contributed by atoms with van der Waals surface area (Å²) in [5.74, 6) is 0.282. The van der Waals surface area contributed by atoms with Crippen LogP contribution in [-0.4, -0.2) is 61.0 Å². The fourth-order valence-corrected chi connectivity index (χ4v) is 1.76. The van der Waals surface area contributed by atoms with E-state index in [9.17, 15) is 4.79 Å². The highest BCUT2D eigenvalue weighted by Gasteiger charge is 2.19. The molecular weight excluding hydrogens is 202 g/mol. The zero-order valence-electron chi connectivity index (χ0n) is 11.0. The number of hydrogen-bond donors (Lipinski definition) is 1. The van der Waals surface area contributed by atoms with Gasteiger partial charge in [-0.2, -0.15) is 0 Å². The molecule has 0 atom stereocenters. The van der Waals surface area contributed by atoms with Crippen molar-refractivity contribution in [2.24, 2.45) is 0 Å². The molecule has 1 N–H and O–H groups in total. The number of rotatable bonds is 3. The molecule has 1 fully saturated rings. The Morgan fingerprint density at radius 1 is 1.19 bits per heavy atom. The van der Waals surface area contributed by atoms with Crippen LogP contribution < -0.4 is 5.32 Å². The van der Waals surface area contributed by atoms with Crippen molar-refractivity contribution in [3.8, 4) is 0 Å². The topological polar surface area (TPSA) is 35.6 Å². The molecule has 1 saturated heterocycles. The Morgan fingerprint density at radius 2 is 1.75 bits per heavy atom. The first-order chi connectivity index (χ1) is 7.38. The lowest BCUT2D eigenvalue weighted by Gasteiger charge is -2.32. The van der Waals surface area contributed by atoms with Gasteiger partial charge in [-0.25, -0.2) is 0 Å². The summed E-state index contributed by atoms with van der Waals surface area (Å²) in [6.07, 6.45) is 0.612. The van der Waals surface area contributed by atoms with Crippen molar-refractivity contribution < 1.29 is 4.79 Å². The van der Waals surface area contributed by atoms with E-state index in [-0.39, 0.29) is 11.4 Å². The summed E-state index contributed by atoms with van der Waals surface area (Å²) in [7, 11) is 2.10. The number of nitrogens with one attached hydrogen (secondary N) is 1. The normalized spacial score (nSPS) is 18.9. The maximum absolute atomic E-state index is 11.9. The van der Waals surface area contributed by atoms with Crippen molar-refractivity contribution >= 4 is 5.91 Å². The van der Waals surface area contributed by atoms with Gasteiger partial charge < -0.3 is 15.1 Å². The lowest BCUT2D eigenvalue weighted by atomic mass is 10.1. The molecule has 16 heavy (non-hydrogen) atoms. The van der Waals surface area contributed by atoms with Crippen LogP contribution in [0.4, 0.5) is 0 Å². The summed E-state index contributed by atoms with van der Waals surface area (Å²) >= 11 is 0. The van der Waals surface area contributed by atoms with E-state index in [1.54, 1.807) is 0 Å². The highest BCUT2D eigenvalue weighted by Crippen LogP contribution is 2.03. The Labute approximate surface area is 99.0 Å². The molecule has 0 aromatic rings. The van der Waals surface area contributed by atoms with Gasteiger partial charge in [0.15, 0.2) is 0 Å². The average molecular weight is 227 g/mol. The van der Waals surface area contributed by atoms with Gasteiger partial charge in [0.25, 0.3) is 0 Å². The van der Waals surface area contributed by atoms with Crippen LogP contribution in [0.15, 0.2) is 0 Å². The van der Waals surface area contributed by atoms with Gasteiger partial charge in [0.1, 0.15) is 0 Å². The van der Waals surface area contributed by atoms with Crippen LogP contribution in [0.5, 0.6) is 0 Å². The minimum absolute atomic E-state index is 0.0996. The Kier molecular flexibility index (Phi) is 4.74. The van der Waals surface area contributed by atoms with E-state index in [1.165, 1.54) is 0 Å². The first-order valence-corrected chi connectivity index (χ1v) is 6.10. The fourth-order valence-electron chi connectivity index (χ4n) is 1.76. The molecule has 1 rings (SSSR count). The molecule has 0 bridgehead atoms. The van der Waals surface area contributed by atoms with E-state index < -0.39 is 0 Å². The van der Waals surface area contributed by atoms with Crippen LogP contribution in [0.3, 0.4) is 0 Å². The molecule has 4 nitrogen and oxygen atoms in total. The van der Waals surface area contributed by atoms with Gasteiger partial charge in [-0.1, -0.05) is 0 Å². The standard InChI is InChI=1S/C12H25N3O/c1-12(2,3)13-6-5-11(16)15-9-7-14(4)8-10-15/h13H,5-10H2,1-4H3. The molecule has 0 radical (unpaired) electrons.